The van der Waals surface area contributed by atoms with E-state index in [9.17, 15) is 4.39 Å². The van der Waals surface area contributed by atoms with Gasteiger partial charge >= 0.3 is 0 Å². The van der Waals surface area contributed by atoms with E-state index in [1.807, 2.05) is 19.9 Å². The number of ether oxygens (including phenoxy) is 1. The fourth-order valence-corrected chi connectivity index (χ4v) is 2.57. The van der Waals surface area contributed by atoms with Crippen molar-refractivity contribution < 1.29 is 9.13 Å². The van der Waals surface area contributed by atoms with Crippen molar-refractivity contribution in [1.82, 2.24) is 9.97 Å². The van der Waals surface area contributed by atoms with Gasteiger partial charge in [0, 0.05) is 24.3 Å². The van der Waals surface area contributed by atoms with Gasteiger partial charge in [-0.2, -0.15) is 4.98 Å². The van der Waals surface area contributed by atoms with Gasteiger partial charge in [-0.05, 0) is 44.4 Å². The predicted molar refractivity (Wildman–Crippen MR) is 83.7 cm³/mol. The Morgan fingerprint density at radius 1 is 1.18 bits per heavy atom. The van der Waals surface area contributed by atoms with Gasteiger partial charge in [-0.15, -0.1) is 0 Å². The molecule has 0 amide bonds. The average Bonchev–Trinajstić information content (AvgIpc) is 3.03. The minimum absolute atomic E-state index is 0.255. The molecule has 0 radical (unpaired) electrons. The fourth-order valence-electron chi connectivity index (χ4n) is 2.57. The molecule has 116 valence electrons. The first-order valence-corrected chi connectivity index (χ1v) is 7.61. The molecular weight excluding hydrogens is 281 g/mol. The highest BCUT2D eigenvalue weighted by Crippen LogP contribution is 2.24. The smallest absolute Gasteiger partial charge is 0.228 e. The molecule has 0 unspecified atom stereocenters. The maximum Gasteiger partial charge on any atom is 0.228 e. The van der Waals surface area contributed by atoms with Gasteiger partial charge in [-0.3, -0.25) is 0 Å². The normalized spacial score (nSPS) is 14.4. The highest BCUT2D eigenvalue weighted by atomic mass is 19.1. The molecule has 0 spiro atoms. The van der Waals surface area contributed by atoms with Crippen molar-refractivity contribution in [2.24, 2.45) is 0 Å². The van der Waals surface area contributed by atoms with Gasteiger partial charge in [-0.25, -0.2) is 9.37 Å². The van der Waals surface area contributed by atoms with Crippen LogP contribution in [-0.4, -0.2) is 23.1 Å². The minimum atomic E-state index is -0.255. The van der Waals surface area contributed by atoms with E-state index in [0.29, 0.717) is 12.5 Å². The Hall–Kier alpha value is -2.17. The van der Waals surface area contributed by atoms with Crippen LogP contribution in [0.1, 0.15) is 29.7 Å². The van der Waals surface area contributed by atoms with E-state index in [0.717, 1.165) is 35.9 Å². The summed E-state index contributed by atoms with van der Waals surface area (Å²) < 4.78 is 19.0. The summed E-state index contributed by atoms with van der Waals surface area (Å²) in [6.45, 7) is 6.20. The average molecular weight is 301 g/mol. The lowest BCUT2D eigenvalue weighted by molar-refractivity contribution is 0.290. The molecule has 5 heteroatoms. The van der Waals surface area contributed by atoms with E-state index in [-0.39, 0.29) is 5.82 Å². The van der Waals surface area contributed by atoms with Crippen molar-refractivity contribution in [1.29, 1.82) is 0 Å². The van der Waals surface area contributed by atoms with Crippen LogP contribution in [0.2, 0.25) is 0 Å². The van der Waals surface area contributed by atoms with Crippen molar-refractivity contribution >= 4 is 5.95 Å². The van der Waals surface area contributed by atoms with Crippen LogP contribution in [0.5, 0.6) is 5.88 Å². The number of aromatic nitrogens is 2. The molecule has 0 bridgehead atoms. The lowest BCUT2D eigenvalue weighted by Crippen LogP contribution is -2.21. The third-order valence-electron chi connectivity index (χ3n) is 3.99. The van der Waals surface area contributed by atoms with E-state index in [1.54, 1.807) is 6.07 Å². The van der Waals surface area contributed by atoms with Crippen LogP contribution in [0, 0.1) is 19.7 Å². The van der Waals surface area contributed by atoms with E-state index < -0.39 is 0 Å². The molecular formula is C17H20FN3O. The zero-order valence-electron chi connectivity index (χ0n) is 13.0. The van der Waals surface area contributed by atoms with Gasteiger partial charge < -0.3 is 9.64 Å². The molecule has 1 aromatic carbocycles. The number of hydrogen-bond acceptors (Lipinski definition) is 4. The predicted octanol–water partition coefficient (Wildman–Crippen LogP) is 3.41. The monoisotopic (exact) mass is 301 g/mol. The van der Waals surface area contributed by atoms with Crippen molar-refractivity contribution in [3.05, 3.63) is 46.9 Å². The fraction of sp³-hybridized carbons (Fsp3) is 0.412. The van der Waals surface area contributed by atoms with Gasteiger partial charge in [0.15, 0.2) is 0 Å². The molecule has 1 aliphatic rings. The summed E-state index contributed by atoms with van der Waals surface area (Å²) in [5, 5.41) is 0. The summed E-state index contributed by atoms with van der Waals surface area (Å²) in [6.07, 6.45) is 2.35. The molecule has 3 rings (SSSR count). The van der Waals surface area contributed by atoms with Gasteiger partial charge in [-0.1, -0.05) is 12.1 Å². The molecule has 0 atom stereocenters. The van der Waals surface area contributed by atoms with Crippen molar-refractivity contribution in [2.45, 2.75) is 33.3 Å². The summed E-state index contributed by atoms with van der Waals surface area (Å²) in [5.41, 5.74) is 2.64. The SMILES string of the molecule is Cc1nc(N2CCCC2)nc(OCc2cccc(F)c2)c1C. The van der Waals surface area contributed by atoms with E-state index in [4.69, 9.17) is 4.74 Å². The number of nitrogens with zero attached hydrogens (tertiary/aromatic N) is 3. The summed E-state index contributed by atoms with van der Waals surface area (Å²) in [5.74, 6) is 1.06. The molecule has 2 heterocycles. The quantitative estimate of drug-likeness (QED) is 0.867. The van der Waals surface area contributed by atoms with Gasteiger partial charge in [0.25, 0.3) is 0 Å². The van der Waals surface area contributed by atoms with E-state index in [1.165, 1.54) is 25.0 Å². The Balaban J connectivity index is 1.80. The molecule has 2 aromatic rings. The van der Waals surface area contributed by atoms with Gasteiger partial charge in [0.2, 0.25) is 11.8 Å². The minimum Gasteiger partial charge on any atom is -0.472 e. The molecule has 1 aromatic heterocycles. The number of aryl methyl sites for hydroxylation is 1. The first-order valence-electron chi connectivity index (χ1n) is 7.61. The summed E-state index contributed by atoms with van der Waals surface area (Å²) in [7, 11) is 0. The molecule has 4 nitrogen and oxygen atoms in total. The summed E-state index contributed by atoms with van der Waals surface area (Å²) in [4.78, 5) is 11.3. The molecule has 1 aliphatic heterocycles. The molecule has 22 heavy (non-hydrogen) atoms. The van der Waals surface area contributed by atoms with Gasteiger partial charge in [0.05, 0.1) is 0 Å². The molecule has 0 N–H and O–H groups in total. The first kappa shape index (κ1) is 14.8. The highest BCUT2D eigenvalue weighted by molar-refractivity contribution is 5.40. The topological polar surface area (TPSA) is 38.2 Å². The third-order valence-corrected chi connectivity index (χ3v) is 3.99. The zero-order chi connectivity index (χ0) is 15.5. The third kappa shape index (κ3) is 3.18. The van der Waals surface area contributed by atoms with Gasteiger partial charge in [0.1, 0.15) is 12.4 Å². The number of anilines is 1. The number of halogens is 1. The largest absolute Gasteiger partial charge is 0.472 e. The maximum atomic E-state index is 13.2. The van der Waals surface area contributed by atoms with Crippen LogP contribution < -0.4 is 9.64 Å². The Kier molecular flexibility index (Phi) is 4.22. The van der Waals surface area contributed by atoms with Crippen LogP contribution in [0.3, 0.4) is 0 Å². The lowest BCUT2D eigenvalue weighted by Gasteiger charge is -2.18. The Bertz CT molecular complexity index is 669. The van der Waals surface area contributed by atoms with E-state index in [2.05, 4.69) is 14.9 Å². The lowest BCUT2D eigenvalue weighted by atomic mass is 10.2. The highest BCUT2D eigenvalue weighted by Gasteiger charge is 2.18. The molecule has 1 saturated heterocycles. The Labute approximate surface area is 130 Å². The molecule has 1 fully saturated rings. The Morgan fingerprint density at radius 3 is 2.68 bits per heavy atom. The van der Waals surface area contributed by atoms with E-state index >= 15 is 0 Å². The molecule has 0 saturated carbocycles. The first-order chi connectivity index (χ1) is 10.6. The molecule has 0 aliphatic carbocycles. The second-order valence-corrected chi connectivity index (χ2v) is 5.65. The Morgan fingerprint density at radius 2 is 1.95 bits per heavy atom. The number of benzene rings is 1. The van der Waals surface area contributed by atoms with Crippen LogP contribution in [-0.2, 0) is 6.61 Å². The second-order valence-electron chi connectivity index (χ2n) is 5.65. The van der Waals surface area contributed by atoms with Crippen molar-refractivity contribution in [3.63, 3.8) is 0 Å². The van der Waals surface area contributed by atoms with Crippen LogP contribution in [0.25, 0.3) is 0 Å². The van der Waals surface area contributed by atoms with Crippen LogP contribution >= 0.6 is 0 Å². The van der Waals surface area contributed by atoms with Crippen LogP contribution in [0.4, 0.5) is 10.3 Å². The summed E-state index contributed by atoms with van der Waals surface area (Å²) in [6, 6.07) is 6.43. The standard InChI is InChI=1S/C17H20FN3O/c1-12-13(2)19-17(21-8-3-4-9-21)20-16(12)22-11-14-6-5-7-15(18)10-14/h5-7,10H,3-4,8-9,11H2,1-2H3. The summed E-state index contributed by atoms with van der Waals surface area (Å²) >= 11 is 0. The number of hydrogen-bond donors (Lipinski definition) is 0. The maximum absolute atomic E-state index is 13.2. The second kappa shape index (κ2) is 6.30. The van der Waals surface area contributed by atoms with Crippen molar-refractivity contribution in [3.8, 4) is 5.88 Å². The van der Waals surface area contributed by atoms with Crippen LogP contribution in [0.15, 0.2) is 24.3 Å². The zero-order valence-corrected chi connectivity index (χ0v) is 13.0. The van der Waals surface area contributed by atoms with Crippen molar-refractivity contribution in [2.75, 3.05) is 18.0 Å². The number of rotatable bonds is 4.